The van der Waals surface area contributed by atoms with E-state index in [1.165, 1.54) is 0 Å². The van der Waals surface area contributed by atoms with Gasteiger partial charge in [0.1, 0.15) is 5.60 Å². The van der Waals surface area contributed by atoms with Crippen LogP contribution in [0.5, 0.6) is 0 Å². The standard InChI is InChI=1S/C18H28N2O4S/c1-18(2,3)24-17(21)19-15-9-11-20(12-10-15)13-14-25(22,23)16-7-5-4-6-8-16/h4-8,15H,9-14H2,1-3H3,(H,19,21). The zero-order chi connectivity index (χ0) is 18.5. The van der Waals surface area contributed by atoms with Crippen molar-refractivity contribution in [2.75, 3.05) is 25.4 Å². The Kier molecular flexibility index (Phi) is 6.46. The van der Waals surface area contributed by atoms with Gasteiger partial charge in [0.25, 0.3) is 0 Å². The third kappa shape index (κ3) is 6.66. The molecule has 1 heterocycles. The molecule has 0 spiro atoms. The number of benzene rings is 1. The molecule has 0 aromatic heterocycles. The van der Waals surface area contributed by atoms with Crippen molar-refractivity contribution in [3.8, 4) is 0 Å². The van der Waals surface area contributed by atoms with E-state index in [2.05, 4.69) is 10.2 Å². The lowest BCUT2D eigenvalue weighted by atomic mass is 10.1. The van der Waals surface area contributed by atoms with Crippen molar-refractivity contribution in [2.24, 2.45) is 0 Å². The van der Waals surface area contributed by atoms with Crippen molar-refractivity contribution >= 4 is 15.9 Å². The van der Waals surface area contributed by atoms with Crippen LogP contribution in [0.4, 0.5) is 4.79 Å². The highest BCUT2D eigenvalue weighted by atomic mass is 32.2. The molecule has 1 aliphatic heterocycles. The number of sulfone groups is 1. The van der Waals surface area contributed by atoms with Crippen molar-refractivity contribution < 1.29 is 17.9 Å². The average molecular weight is 368 g/mol. The number of piperidine rings is 1. The molecule has 1 aromatic rings. The zero-order valence-electron chi connectivity index (χ0n) is 15.2. The van der Waals surface area contributed by atoms with Gasteiger partial charge in [0.2, 0.25) is 0 Å². The molecule has 0 atom stereocenters. The van der Waals surface area contributed by atoms with Crippen LogP contribution in [0.2, 0.25) is 0 Å². The Morgan fingerprint density at radius 3 is 2.36 bits per heavy atom. The van der Waals surface area contributed by atoms with Crippen molar-refractivity contribution in [1.29, 1.82) is 0 Å². The number of carbonyl (C=O) groups excluding carboxylic acids is 1. The summed E-state index contributed by atoms with van der Waals surface area (Å²) < 4.78 is 29.9. The number of likely N-dealkylation sites (tertiary alicyclic amines) is 1. The molecule has 2 rings (SSSR count). The average Bonchev–Trinajstić information content (AvgIpc) is 2.53. The van der Waals surface area contributed by atoms with Crippen molar-refractivity contribution in [1.82, 2.24) is 10.2 Å². The second kappa shape index (κ2) is 8.19. The SMILES string of the molecule is CC(C)(C)OC(=O)NC1CCN(CCS(=O)(=O)c2ccccc2)CC1. The van der Waals surface area contributed by atoms with Crippen molar-refractivity contribution in [3.05, 3.63) is 30.3 Å². The fourth-order valence-corrected chi connectivity index (χ4v) is 4.08. The molecule has 0 unspecified atom stereocenters. The molecule has 0 radical (unpaired) electrons. The first-order chi connectivity index (χ1) is 11.7. The molecular formula is C18H28N2O4S. The molecule has 25 heavy (non-hydrogen) atoms. The summed E-state index contributed by atoms with van der Waals surface area (Å²) in [6.07, 6.45) is 1.20. The van der Waals surface area contributed by atoms with Crippen LogP contribution in [0.15, 0.2) is 35.2 Å². The minimum atomic E-state index is -3.24. The van der Waals surface area contributed by atoms with E-state index in [0.717, 1.165) is 25.9 Å². The van der Waals surface area contributed by atoms with Gasteiger partial charge in [-0.05, 0) is 45.7 Å². The predicted octanol–water partition coefficient (Wildman–Crippen LogP) is 2.45. The highest BCUT2D eigenvalue weighted by Crippen LogP contribution is 2.14. The number of ether oxygens (including phenoxy) is 1. The van der Waals surface area contributed by atoms with Crippen LogP contribution in [-0.4, -0.2) is 56.4 Å². The first kappa shape index (κ1) is 19.7. The summed E-state index contributed by atoms with van der Waals surface area (Å²) in [7, 11) is -3.24. The summed E-state index contributed by atoms with van der Waals surface area (Å²) in [6, 6.07) is 8.62. The molecule has 0 saturated carbocycles. The molecule has 0 bridgehead atoms. The molecule has 1 saturated heterocycles. The Balaban J connectivity index is 1.75. The molecule has 0 aliphatic carbocycles. The van der Waals surface area contributed by atoms with Gasteiger partial charge >= 0.3 is 6.09 Å². The molecule has 1 amide bonds. The predicted molar refractivity (Wildman–Crippen MR) is 97.3 cm³/mol. The van der Waals surface area contributed by atoms with Gasteiger partial charge in [-0.15, -0.1) is 0 Å². The number of rotatable bonds is 5. The highest BCUT2D eigenvalue weighted by Gasteiger charge is 2.24. The maximum Gasteiger partial charge on any atom is 0.407 e. The number of hydrogen-bond donors (Lipinski definition) is 1. The number of alkyl carbamates (subject to hydrolysis) is 1. The molecule has 1 N–H and O–H groups in total. The highest BCUT2D eigenvalue weighted by molar-refractivity contribution is 7.91. The summed E-state index contributed by atoms with van der Waals surface area (Å²) in [4.78, 5) is 14.3. The number of nitrogens with one attached hydrogen (secondary N) is 1. The quantitative estimate of drug-likeness (QED) is 0.864. The van der Waals surface area contributed by atoms with E-state index in [1.807, 2.05) is 26.8 Å². The Morgan fingerprint density at radius 2 is 1.80 bits per heavy atom. The normalized spacial score (nSPS) is 17.2. The van der Waals surface area contributed by atoms with E-state index >= 15 is 0 Å². The third-order valence-corrected chi connectivity index (χ3v) is 5.80. The fraction of sp³-hybridized carbons (Fsp3) is 0.611. The second-order valence-electron chi connectivity index (χ2n) is 7.39. The molecule has 1 fully saturated rings. The van der Waals surface area contributed by atoms with Crippen LogP contribution in [0, 0.1) is 0 Å². The maximum absolute atomic E-state index is 12.3. The molecule has 7 heteroatoms. The number of carbonyl (C=O) groups is 1. The van der Waals surface area contributed by atoms with Gasteiger partial charge in [0.05, 0.1) is 10.6 Å². The molecule has 1 aliphatic rings. The first-order valence-electron chi connectivity index (χ1n) is 8.65. The van der Waals surface area contributed by atoms with Crippen LogP contribution in [0.25, 0.3) is 0 Å². The van der Waals surface area contributed by atoms with E-state index in [-0.39, 0.29) is 11.8 Å². The minimum absolute atomic E-state index is 0.0804. The summed E-state index contributed by atoms with van der Waals surface area (Å²) in [6.45, 7) is 7.55. The largest absolute Gasteiger partial charge is 0.444 e. The van der Waals surface area contributed by atoms with Crippen LogP contribution in [0.3, 0.4) is 0 Å². The fourth-order valence-electron chi connectivity index (χ4n) is 2.77. The lowest BCUT2D eigenvalue weighted by Crippen LogP contribution is -2.46. The second-order valence-corrected chi connectivity index (χ2v) is 9.50. The van der Waals surface area contributed by atoms with Crippen molar-refractivity contribution in [3.63, 3.8) is 0 Å². The smallest absolute Gasteiger partial charge is 0.407 e. The van der Waals surface area contributed by atoms with E-state index in [0.29, 0.717) is 11.4 Å². The maximum atomic E-state index is 12.3. The van der Waals surface area contributed by atoms with E-state index in [9.17, 15) is 13.2 Å². The lowest BCUT2D eigenvalue weighted by molar-refractivity contribution is 0.0480. The first-order valence-corrected chi connectivity index (χ1v) is 10.3. The minimum Gasteiger partial charge on any atom is -0.444 e. The van der Waals surface area contributed by atoms with Gasteiger partial charge < -0.3 is 15.0 Å². The molecular weight excluding hydrogens is 340 g/mol. The summed E-state index contributed by atoms with van der Waals surface area (Å²) in [5.74, 6) is 0.112. The van der Waals surface area contributed by atoms with Crippen molar-refractivity contribution in [2.45, 2.75) is 50.2 Å². The van der Waals surface area contributed by atoms with Gasteiger partial charge in [-0.2, -0.15) is 0 Å². The topological polar surface area (TPSA) is 75.7 Å². The van der Waals surface area contributed by atoms with Gasteiger partial charge in [0.15, 0.2) is 9.84 Å². The Bertz CT molecular complexity index is 660. The van der Waals surface area contributed by atoms with Crippen LogP contribution >= 0.6 is 0 Å². The number of hydrogen-bond acceptors (Lipinski definition) is 5. The Hall–Kier alpha value is -1.60. The van der Waals surface area contributed by atoms with Crippen LogP contribution in [0.1, 0.15) is 33.6 Å². The number of nitrogens with zero attached hydrogens (tertiary/aromatic N) is 1. The van der Waals surface area contributed by atoms with E-state index < -0.39 is 21.5 Å². The van der Waals surface area contributed by atoms with E-state index in [4.69, 9.17) is 4.74 Å². The number of amides is 1. The Labute approximate surface area is 150 Å². The van der Waals surface area contributed by atoms with Gasteiger partial charge in [-0.25, -0.2) is 13.2 Å². The van der Waals surface area contributed by atoms with Crippen LogP contribution in [-0.2, 0) is 14.6 Å². The summed E-state index contributed by atoms with van der Waals surface area (Å²) in [5.41, 5.74) is -0.503. The lowest BCUT2D eigenvalue weighted by Gasteiger charge is -2.32. The molecule has 140 valence electrons. The van der Waals surface area contributed by atoms with E-state index in [1.54, 1.807) is 24.3 Å². The molecule has 6 nitrogen and oxygen atoms in total. The summed E-state index contributed by atoms with van der Waals surface area (Å²) >= 11 is 0. The van der Waals surface area contributed by atoms with Gasteiger partial charge in [-0.1, -0.05) is 18.2 Å². The summed E-state index contributed by atoms with van der Waals surface area (Å²) in [5, 5.41) is 2.89. The zero-order valence-corrected chi connectivity index (χ0v) is 16.0. The van der Waals surface area contributed by atoms with Crippen LogP contribution < -0.4 is 5.32 Å². The Morgan fingerprint density at radius 1 is 1.20 bits per heavy atom. The van der Waals surface area contributed by atoms with Gasteiger partial charge in [0, 0.05) is 25.7 Å². The molecule has 1 aromatic carbocycles. The monoisotopic (exact) mass is 368 g/mol. The van der Waals surface area contributed by atoms with Gasteiger partial charge in [-0.3, -0.25) is 0 Å². The third-order valence-electron chi connectivity index (χ3n) is 4.09.